The zero-order chi connectivity index (χ0) is 14.1. The van der Waals surface area contributed by atoms with Gasteiger partial charge in [0.05, 0.1) is 4.92 Å². The lowest BCUT2D eigenvalue weighted by Gasteiger charge is -2.29. The molecule has 1 aliphatic rings. The van der Waals surface area contributed by atoms with Crippen LogP contribution in [0, 0.1) is 10.1 Å². The van der Waals surface area contributed by atoms with Gasteiger partial charge in [-0.2, -0.15) is 0 Å². The molecule has 0 radical (unpaired) electrons. The molecule has 1 aromatic carbocycles. The summed E-state index contributed by atoms with van der Waals surface area (Å²) in [5, 5.41) is 11.4. The summed E-state index contributed by atoms with van der Waals surface area (Å²) in [6.45, 7) is 1.32. The number of benzene rings is 1. The van der Waals surface area contributed by atoms with Gasteiger partial charge in [-0.3, -0.25) is 10.1 Å². The first-order valence-electron chi connectivity index (χ1n) is 6.28. The van der Waals surface area contributed by atoms with Gasteiger partial charge in [0.25, 0.3) is 0 Å². The third-order valence-corrected chi connectivity index (χ3v) is 3.66. The first-order valence-corrected chi connectivity index (χ1v) is 6.65. The average Bonchev–Trinajstić information content (AvgIpc) is 2.46. The number of hydrogen-bond donors (Lipinski definition) is 0. The normalized spacial score (nSPS) is 13.9. The van der Waals surface area contributed by atoms with Gasteiger partial charge in [-0.25, -0.2) is 4.98 Å². The predicted octanol–water partition coefficient (Wildman–Crippen LogP) is 3.21. The van der Waals surface area contributed by atoms with Crippen LogP contribution in [-0.2, 0) is 13.0 Å². The maximum atomic E-state index is 11.1. The van der Waals surface area contributed by atoms with Gasteiger partial charge in [0, 0.05) is 19.2 Å². The highest BCUT2D eigenvalue weighted by Gasteiger charge is 2.24. The molecule has 102 valence electrons. The third-order valence-electron chi connectivity index (χ3n) is 3.45. The molecule has 1 aromatic heterocycles. The minimum atomic E-state index is -0.417. The van der Waals surface area contributed by atoms with Crippen LogP contribution in [0.5, 0.6) is 0 Å². The van der Waals surface area contributed by atoms with Crippen LogP contribution in [0.1, 0.15) is 11.1 Å². The van der Waals surface area contributed by atoms with Gasteiger partial charge in [-0.1, -0.05) is 35.9 Å². The second-order valence-electron chi connectivity index (χ2n) is 4.67. The molecule has 0 saturated heterocycles. The quantitative estimate of drug-likeness (QED) is 0.484. The van der Waals surface area contributed by atoms with E-state index in [0.717, 1.165) is 6.42 Å². The van der Waals surface area contributed by atoms with E-state index >= 15 is 0 Å². The van der Waals surface area contributed by atoms with Gasteiger partial charge in [0.1, 0.15) is 5.15 Å². The fourth-order valence-electron chi connectivity index (χ4n) is 2.47. The Morgan fingerprint density at radius 1 is 1.20 bits per heavy atom. The molecule has 20 heavy (non-hydrogen) atoms. The molecule has 0 fully saturated rings. The second kappa shape index (κ2) is 5.09. The summed E-state index contributed by atoms with van der Waals surface area (Å²) in [6, 6.07) is 11.0. The standard InChI is InChI=1S/C14H12ClN3O2/c15-13-6-5-12(18(19)20)14(16-13)17-8-7-10-3-1-2-4-11(10)9-17/h1-6H,7-9H2. The Labute approximate surface area is 121 Å². The highest BCUT2D eigenvalue weighted by molar-refractivity contribution is 6.29. The Bertz CT molecular complexity index is 675. The molecular formula is C14H12ClN3O2. The van der Waals surface area contributed by atoms with Crippen molar-refractivity contribution in [3.8, 4) is 0 Å². The average molecular weight is 290 g/mol. The van der Waals surface area contributed by atoms with Gasteiger partial charge in [-0.05, 0) is 23.6 Å². The monoisotopic (exact) mass is 289 g/mol. The maximum Gasteiger partial charge on any atom is 0.311 e. The van der Waals surface area contributed by atoms with Crippen molar-refractivity contribution < 1.29 is 4.92 Å². The van der Waals surface area contributed by atoms with Crippen LogP contribution in [-0.4, -0.2) is 16.5 Å². The highest BCUT2D eigenvalue weighted by atomic mass is 35.5. The molecule has 0 saturated carbocycles. The van der Waals surface area contributed by atoms with Crippen molar-refractivity contribution >= 4 is 23.1 Å². The molecule has 0 unspecified atom stereocenters. The number of aromatic nitrogens is 1. The Morgan fingerprint density at radius 3 is 2.70 bits per heavy atom. The van der Waals surface area contributed by atoms with Crippen LogP contribution in [0.25, 0.3) is 0 Å². The van der Waals surface area contributed by atoms with Crippen molar-refractivity contribution in [1.82, 2.24) is 4.98 Å². The number of nitro groups is 1. The summed E-state index contributed by atoms with van der Waals surface area (Å²) in [4.78, 5) is 16.7. The van der Waals surface area contributed by atoms with Gasteiger partial charge in [-0.15, -0.1) is 0 Å². The Hall–Kier alpha value is -2.14. The van der Waals surface area contributed by atoms with Gasteiger partial charge in [0.2, 0.25) is 5.82 Å². The number of rotatable bonds is 2. The van der Waals surface area contributed by atoms with E-state index < -0.39 is 4.92 Å². The summed E-state index contributed by atoms with van der Waals surface area (Å²) in [5.74, 6) is 0.344. The van der Waals surface area contributed by atoms with Crippen LogP contribution >= 0.6 is 11.6 Å². The molecule has 0 spiro atoms. The van der Waals surface area contributed by atoms with Crippen molar-refractivity contribution in [3.63, 3.8) is 0 Å². The molecule has 0 aliphatic carbocycles. The molecule has 0 N–H and O–H groups in total. The highest BCUT2D eigenvalue weighted by Crippen LogP contribution is 2.31. The minimum absolute atomic E-state index is 0.00576. The number of nitrogens with zero attached hydrogens (tertiary/aromatic N) is 3. The van der Waals surface area contributed by atoms with Gasteiger partial charge < -0.3 is 4.90 Å². The van der Waals surface area contributed by atoms with Gasteiger partial charge >= 0.3 is 5.69 Å². The van der Waals surface area contributed by atoms with Crippen molar-refractivity contribution in [2.45, 2.75) is 13.0 Å². The van der Waals surface area contributed by atoms with E-state index in [2.05, 4.69) is 11.1 Å². The summed E-state index contributed by atoms with van der Waals surface area (Å²) in [5.41, 5.74) is 2.46. The zero-order valence-electron chi connectivity index (χ0n) is 10.6. The van der Waals surface area contributed by atoms with E-state index in [1.807, 2.05) is 23.1 Å². The lowest BCUT2D eigenvalue weighted by atomic mass is 10.00. The lowest BCUT2D eigenvalue weighted by molar-refractivity contribution is -0.384. The second-order valence-corrected chi connectivity index (χ2v) is 5.06. The SMILES string of the molecule is O=[N+]([O-])c1ccc(Cl)nc1N1CCc2ccccc2C1. The van der Waals surface area contributed by atoms with Crippen molar-refractivity contribution in [2.24, 2.45) is 0 Å². The number of fused-ring (bicyclic) bond motifs is 1. The van der Waals surface area contributed by atoms with E-state index in [-0.39, 0.29) is 10.8 Å². The summed E-state index contributed by atoms with van der Waals surface area (Å²) in [7, 11) is 0. The van der Waals surface area contributed by atoms with E-state index in [1.54, 1.807) is 0 Å². The first-order chi connectivity index (χ1) is 9.65. The topological polar surface area (TPSA) is 59.3 Å². The van der Waals surface area contributed by atoms with Crippen LogP contribution in [0.2, 0.25) is 5.15 Å². The molecule has 1 aliphatic heterocycles. The molecule has 3 rings (SSSR count). The smallest absolute Gasteiger partial charge is 0.311 e. The molecule has 2 aromatic rings. The summed E-state index contributed by atoms with van der Waals surface area (Å²) >= 11 is 5.88. The van der Waals surface area contributed by atoms with Crippen LogP contribution in [0.4, 0.5) is 11.5 Å². The summed E-state index contributed by atoms with van der Waals surface area (Å²) in [6.07, 6.45) is 0.849. The van der Waals surface area contributed by atoms with Crippen LogP contribution < -0.4 is 4.90 Å². The number of hydrogen-bond acceptors (Lipinski definition) is 4. The van der Waals surface area contributed by atoms with E-state index in [4.69, 9.17) is 11.6 Å². The fraction of sp³-hybridized carbons (Fsp3) is 0.214. The Balaban J connectivity index is 1.99. The van der Waals surface area contributed by atoms with Crippen molar-refractivity contribution in [1.29, 1.82) is 0 Å². The third kappa shape index (κ3) is 2.32. The fourth-order valence-corrected chi connectivity index (χ4v) is 2.61. The molecule has 2 heterocycles. The van der Waals surface area contributed by atoms with Crippen LogP contribution in [0.15, 0.2) is 36.4 Å². The van der Waals surface area contributed by atoms with Gasteiger partial charge in [0.15, 0.2) is 0 Å². The molecule has 5 nitrogen and oxygen atoms in total. The van der Waals surface area contributed by atoms with E-state index in [9.17, 15) is 10.1 Å². The predicted molar refractivity (Wildman–Crippen MR) is 77.1 cm³/mol. The minimum Gasteiger partial charge on any atom is -0.346 e. The van der Waals surface area contributed by atoms with Crippen molar-refractivity contribution in [2.75, 3.05) is 11.4 Å². The molecule has 0 amide bonds. The number of halogens is 1. The first kappa shape index (κ1) is 12.9. The van der Waals surface area contributed by atoms with E-state index in [1.165, 1.54) is 23.3 Å². The molecule has 6 heteroatoms. The lowest BCUT2D eigenvalue weighted by Crippen LogP contribution is -2.31. The molecular weight excluding hydrogens is 278 g/mol. The molecule has 0 atom stereocenters. The van der Waals surface area contributed by atoms with Crippen molar-refractivity contribution in [3.05, 3.63) is 62.8 Å². The maximum absolute atomic E-state index is 11.1. The van der Waals surface area contributed by atoms with Crippen LogP contribution in [0.3, 0.4) is 0 Å². The largest absolute Gasteiger partial charge is 0.346 e. The zero-order valence-corrected chi connectivity index (χ0v) is 11.4. The Kier molecular flexibility index (Phi) is 3.28. The Morgan fingerprint density at radius 2 is 1.95 bits per heavy atom. The summed E-state index contributed by atoms with van der Waals surface area (Å²) < 4.78 is 0. The molecule has 0 bridgehead atoms. The number of anilines is 1. The van der Waals surface area contributed by atoms with E-state index in [0.29, 0.717) is 18.9 Å². The number of pyridine rings is 1.